The molecule has 0 spiro atoms. The molecule has 0 aliphatic rings. The van der Waals surface area contributed by atoms with Gasteiger partial charge in [-0.1, -0.05) is 6.07 Å². The zero-order valence-corrected chi connectivity index (χ0v) is 9.72. The maximum atomic E-state index is 11.8. The first kappa shape index (κ1) is 12.0. The molecule has 0 amide bonds. The van der Waals surface area contributed by atoms with Gasteiger partial charge in [-0.05, 0) is 17.5 Å². The molecular weight excluding hydrogens is 240 g/mol. The Labute approximate surface area is 101 Å². The molecule has 0 radical (unpaired) electrons. The topological polar surface area (TPSA) is 86.0 Å². The van der Waals surface area contributed by atoms with Crippen LogP contribution in [0.4, 0.5) is 0 Å². The molecule has 0 unspecified atom stereocenters. The van der Waals surface area contributed by atoms with Crippen LogP contribution in [0.5, 0.6) is 11.5 Å². The van der Waals surface area contributed by atoms with E-state index in [9.17, 15) is 14.7 Å². The Hall–Kier alpha value is -2.50. The maximum Gasteiger partial charge on any atom is 0.374 e. The number of methoxy groups -OCH3 is 2. The fraction of sp³-hybridized carbons (Fsp3) is 0.167. The molecule has 1 aromatic carbocycles. The fourth-order valence-electron chi connectivity index (χ4n) is 1.65. The molecule has 1 N–H and O–H groups in total. The lowest BCUT2D eigenvalue weighted by atomic mass is 10.1. The Morgan fingerprint density at radius 3 is 2.67 bits per heavy atom. The van der Waals surface area contributed by atoms with Crippen molar-refractivity contribution in [2.24, 2.45) is 0 Å². The molecule has 6 nitrogen and oxygen atoms in total. The first-order valence-electron chi connectivity index (χ1n) is 5.00. The molecule has 2 aromatic rings. The Morgan fingerprint density at radius 1 is 1.33 bits per heavy atom. The van der Waals surface area contributed by atoms with E-state index in [1.54, 1.807) is 0 Å². The number of aromatic hydroxyl groups is 1. The van der Waals surface area contributed by atoms with Crippen LogP contribution in [0, 0.1) is 0 Å². The summed E-state index contributed by atoms with van der Waals surface area (Å²) in [4.78, 5) is 23.1. The Bertz CT molecular complexity index is 670. The SMILES string of the molecule is COC(=O)c1cc2ccc(O)c(OC)c2c(=O)o1. The van der Waals surface area contributed by atoms with E-state index in [0.29, 0.717) is 5.39 Å². The largest absolute Gasteiger partial charge is 0.504 e. The second-order valence-corrected chi connectivity index (χ2v) is 3.47. The van der Waals surface area contributed by atoms with Gasteiger partial charge in [-0.25, -0.2) is 9.59 Å². The number of esters is 1. The number of benzene rings is 1. The Morgan fingerprint density at radius 2 is 2.06 bits per heavy atom. The van der Waals surface area contributed by atoms with Crippen molar-refractivity contribution < 1.29 is 23.8 Å². The van der Waals surface area contributed by atoms with Gasteiger partial charge in [0, 0.05) is 0 Å². The van der Waals surface area contributed by atoms with Crippen molar-refractivity contribution in [1.29, 1.82) is 0 Å². The van der Waals surface area contributed by atoms with E-state index >= 15 is 0 Å². The normalized spacial score (nSPS) is 10.3. The Kier molecular flexibility index (Phi) is 2.93. The molecule has 2 rings (SSSR count). The minimum atomic E-state index is -0.777. The highest BCUT2D eigenvalue weighted by molar-refractivity contribution is 5.95. The number of carbonyl (C=O) groups excluding carboxylic acids is 1. The second-order valence-electron chi connectivity index (χ2n) is 3.47. The van der Waals surface area contributed by atoms with E-state index in [1.807, 2.05) is 0 Å². The van der Waals surface area contributed by atoms with E-state index < -0.39 is 11.6 Å². The smallest absolute Gasteiger partial charge is 0.374 e. The highest BCUT2D eigenvalue weighted by atomic mass is 16.5. The molecule has 1 heterocycles. The van der Waals surface area contributed by atoms with Crippen molar-refractivity contribution in [3.63, 3.8) is 0 Å². The van der Waals surface area contributed by atoms with Crippen molar-refractivity contribution in [2.75, 3.05) is 14.2 Å². The van der Waals surface area contributed by atoms with E-state index in [4.69, 9.17) is 9.15 Å². The quantitative estimate of drug-likeness (QED) is 0.808. The standard InChI is InChI=1S/C12H10O6/c1-16-10-7(13)4-3-6-5-8(11(14)17-2)18-12(15)9(6)10/h3-5,13H,1-2H3. The molecule has 0 atom stereocenters. The summed E-state index contributed by atoms with van der Waals surface area (Å²) < 4.78 is 14.2. The van der Waals surface area contributed by atoms with E-state index in [-0.39, 0.29) is 22.6 Å². The van der Waals surface area contributed by atoms with Gasteiger partial charge in [0.25, 0.3) is 0 Å². The van der Waals surface area contributed by atoms with Gasteiger partial charge in [-0.2, -0.15) is 0 Å². The van der Waals surface area contributed by atoms with Gasteiger partial charge in [-0.15, -0.1) is 0 Å². The molecule has 0 bridgehead atoms. The first-order chi connectivity index (χ1) is 8.58. The molecule has 94 valence electrons. The zero-order valence-electron chi connectivity index (χ0n) is 9.72. The van der Waals surface area contributed by atoms with Gasteiger partial charge < -0.3 is 19.0 Å². The van der Waals surface area contributed by atoms with E-state index in [1.165, 1.54) is 32.4 Å². The summed E-state index contributed by atoms with van der Waals surface area (Å²) in [6.45, 7) is 0. The van der Waals surface area contributed by atoms with Gasteiger partial charge in [0.2, 0.25) is 5.76 Å². The lowest BCUT2D eigenvalue weighted by Gasteiger charge is -2.07. The van der Waals surface area contributed by atoms with Crippen molar-refractivity contribution in [3.8, 4) is 11.5 Å². The number of carbonyl (C=O) groups is 1. The van der Waals surface area contributed by atoms with Crippen LogP contribution >= 0.6 is 0 Å². The van der Waals surface area contributed by atoms with Crippen molar-refractivity contribution in [1.82, 2.24) is 0 Å². The number of hydrogen-bond acceptors (Lipinski definition) is 6. The summed E-state index contributed by atoms with van der Waals surface area (Å²) in [5, 5.41) is 10.1. The summed E-state index contributed by atoms with van der Waals surface area (Å²) in [5.74, 6) is -1.12. The lowest BCUT2D eigenvalue weighted by Crippen LogP contribution is -2.09. The van der Waals surface area contributed by atoms with Crippen LogP contribution in [0.3, 0.4) is 0 Å². The van der Waals surface area contributed by atoms with Gasteiger partial charge >= 0.3 is 11.6 Å². The summed E-state index contributed by atoms with van der Waals surface area (Å²) in [6, 6.07) is 4.20. The average Bonchev–Trinajstić information content (AvgIpc) is 2.38. The number of hydrogen-bond donors (Lipinski definition) is 1. The number of ether oxygens (including phenoxy) is 2. The number of fused-ring (bicyclic) bond motifs is 1. The molecule has 0 aliphatic carbocycles. The van der Waals surface area contributed by atoms with Gasteiger partial charge in [0.15, 0.2) is 11.5 Å². The molecule has 1 aromatic heterocycles. The highest BCUT2D eigenvalue weighted by Gasteiger charge is 2.17. The van der Waals surface area contributed by atoms with Crippen LogP contribution in [-0.4, -0.2) is 25.3 Å². The number of phenols is 1. The third-order valence-electron chi connectivity index (χ3n) is 2.45. The third kappa shape index (κ3) is 1.77. The second kappa shape index (κ2) is 4.40. The van der Waals surface area contributed by atoms with Gasteiger partial charge in [0.05, 0.1) is 14.2 Å². The van der Waals surface area contributed by atoms with Gasteiger partial charge in [0.1, 0.15) is 5.39 Å². The highest BCUT2D eigenvalue weighted by Crippen LogP contribution is 2.32. The summed E-state index contributed by atoms with van der Waals surface area (Å²) in [7, 11) is 2.51. The molecule has 0 saturated heterocycles. The predicted molar refractivity (Wildman–Crippen MR) is 62.0 cm³/mol. The minimum absolute atomic E-state index is 0.0117. The van der Waals surface area contributed by atoms with Crippen molar-refractivity contribution >= 4 is 16.7 Å². The third-order valence-corrected chi connectivity index (χ3v) is 2.45. The average molecular weight is 250 g/mol. The molecule has 0 saturated carbocycles. The van der Waals surface area contributed by atoms with Crippen molar-refractivity contribution in [3.05, 3.63) is 34.4 Å². The van der Waals surface area contributed by atoms with Crippen LogP contribution in [0.2, 0.25) is 0 Å². The van der Waals surface area contributed by atoms with Crippen LogP contribution in [0.25, 0.3) is 10.8 Å². The van der Waals surface area contributed by atoms with Gasteiger partial charge in [-0.3, -0.25) is 0 Å². The summed E-state index contributed by atoms with van der Waals surface area (Å²) in [6.07, 6.45) is 0. The maximum absolute atomic E-state index is 11.8. The fourth-order valence-corrected chi connectivity index (χ4v) is 1.65. The predicted octanol–water partition coefficient (Wildman–Crippen LogP) is 1.29. The van der Waals surface area contributed by atoms with Crippen LogP contribution in [0.1, 0.15) is 10.6 Å². The van der Waals surface area contributed by atoms with Crippen LogP contribution < -0.4 is 10.4 Å². The number of rotatable bonds is 2. The monoisotopic (exact) mass is 250 g/mol. The molecule has 18 heavy (non-hydrogen) atoms. The molecule has 0 fully saturated rings. The minimum Gasteiger partial charge on any atom is -0.504 e. The van der Waals surface area contributed by atoms with Crippen molar-refractivity contribution in [2.45, 2.75) is 0 Å². The van der Waals surface area contributed by atoms with Crippen LogP contribution in [-0.2, 0) is 4.74 Å². The molecule has 6 heteroatoms. The lowest BCUT2D eigenvalue weighted by molar-refractivity contribution is 0.0560. The van der Waals surface area contributed by atoms with E-state index in [0.717, 1.165) is 0 Å². The van der Waals surface area contributed by atoms with E-state index in [2.05, 4.69) is 4.74 Å². The molecule has 0 aliphatic heterocycles. The van der Waals surface area contributed by atoms with Crippen LogP contribution in [0.15, 0.2) is 27.4 Å². The molecular formula is C12H10O6. The number of phenolic OH excluding ortho intramolecular Hbond substituents is 1. The Balaban J connectivity index is 2.81. The summed E-state index contributed by atoms with van der Waals surface area (Å²) in [5.41, 5.74) is -0.777. The zero-order chi connectivity index (χ0) is 13.3. The first-order valence-corrected chi connectivity index (χ1v) is 5.00. The summed E-state index contributed by atoms with van der Waals surface area (Å²) >= 11 is 0.